The highest BCUT2D eigenvalue weighted by atomic mass is 32.1. The van der Waals surface area contributed by atoms with Crippen molar-refractivity contribution in [2.45, 2.75) is 25.3 Å². The molecule has 1 heterocycles. The molecule has 92 valence electrons. The Hall–Kier alpha value is -1.13. The van der Waals surface area contributed by atoms with Crippen LogP contribution in [0.1, 0.15) is 24.8 Å². The van der Waals surface area contributed by atoms with Crippen LogP contribution < -0.4 is 5.32 Å². The van der Waals surface area contributed by atoms with E-state index in [1.807, 2.05) is 35.9 Å². The molecule has 3 atom stereocenters. The summed E-state index contributed by atoms with van der Waals surface area (Å²) in [5.74, 6) is 0.135. The Bertz CT molecular complexity index is 400. The third-order valence-corrected chi connectivity index (χ3v) is 3.87. The smallest absolute Gasteiger partial charge is 0.227 e. The molecular weight excluding hydrogens is 234 g/mol. The third kappa shape index (κ3) is 2.96. The van der Waals surface area contributed by atoms with Gasteiger partial charge in [0, 0.05) is 18.6 Å². The predicted molar refractivity (Wildman–Crippen MR) is 69.0 cm³/mol. The molecule has 0 fully saturated rings. The van der Waals surface area contributed by atoms with Gasteiger partial charge in [0.2, 0.25) is 5.91 Å². The lowest BCUT2D eigenvalue weighted by atomic mass is 10.0. The summed E-state index contributed by atoms with van der Waals surface area (Å²) in [5, 5.41) is 16.0. The molecule has 0 radical (unpaired) electrons. The summed E-state index contributed by atoms with van der Waals surface area (Å²) in [4.78, 5) is 12.0. The molecular formula is C13H17NO2S. The van der Waals surface area contributed by atoms with Crippen molar-refractivity contribution in [2.24, 2.45) is 5.92 Å². The molecule has 0 saturated carbocycles. The van der Waals surface area contributed by atoms with Crippen LogP contribution in [0.2, 0.25) is 0 Å². The number of thiophene rings is 1. The molecule has 17 heavy (non-hydrogen) atoms. The average molecular weight is 251 g/mol. The molecule has 1 aromatic rings. The topological polar surface area (TPSA) is 49.3 Å². The van der Waals surface area contributed by atoms with Crippen LogP contribution >= 0.6 is 11.3 Å². The van der Waals surface area contributed by atoms with Gasteiger partial charge in [-0.3, -0.25) is 4.79 Å². The van der Waals surface area contributed by atoms with Gasteiger partial charge in [-0.05, 0) is 35.7 Å². The Morgan fingerprint density at radius 3 is 3.06 bits per heavy atom. The minimum Gasteiger partial charge on any atom is -0.396 e. The quantitative estimate of drug-likeness (QED) is 0.803. The molecule has 1 unspecified atom stereocenters. The summed E-state index contributed by atoms with van der Waals surface area (Å²) in [6, 6.07) is 2.05. The number of aliphatic hydroxyl groups is 1. The first-order valence-electron chi connectivity index (χ1n) is 5.82. The molecule has 0 spiro atoms. The number of carbonyl (C=O) groups excluding carboxylic acids is 1. The van der Waals surface area contributed by atoms with Crippen molar-refractivity contribution in [3.63, 3.8) is 0 Å². The number of amides is 1. The number of hydrogen-bond donors (Lipinski definition) is 2. The molecule has 3 nitrogen and oxygen atoms in total. The molecule has 0 bridgehead atoms. The lowest BCUT2D eigenvalue weighted by Crippen LogP contribution is -2.35. The zero-order valence-electron chi connectivity index (χ0n) is 9.80. The maximum atomic E-state index is 12.0. The Balaban J connectivity index is 1.88. The van der Waals surface area contributed by atoms with E-state index in [-0.39, 0.29) is 30.4 Å². The Morgan fingerprint density at radius 1 is 1.65 bits per heavy atom. The molecule has 1 aromatic heterocycles. The Labute approximate surface area is 105 Å². The van der Waals surface area contributed by atoms with E-state index >= 15 is 0 Å². The Morgan fingerprint density at radius 2 is 2.47 bits per heavy atom. The van der Waals surface area contributed by atoms with Crippen LogP contribution in [0.15, 0.2) is 29.0 Å². The third-order valence-electron chi connectivity index (χ3n) is 3.17. The summed E-state index contributed by atoms with van der Waals surface area (Å²) in [7, 11) is 0. The standard InChI is InChI=1S/C13H17NO2S/c1-9(11-4-5-17-8-11)13(16)14-12-3-2-10(6-12)7-15/h2-5,8-10,12,15H,6-7H2,1H3,(H,14,16)/t9?,10-,12+/m0/s1. The summed E-state index contributed by atoms with van der Waals surface area (Å²) in [6.07, 6.45) is 4.75. The van der Waals surface area contributed by atoms with Crippen molar-refractivity contribution in [2.75, 3.05) is 6.61 Å². The summed E-state index contributed by atoms with van der Waals surface area (Å²) < 4.78 is 0. The van der Waals surface area contributed by atoms with Gasteiger partial charge in [0.1, 0.15) is 0 Å². The number of rotatable bonds is 4. The molecule has 2 N–H and O–H groups in total. The zero-order chi connectivity index (χ0) is 12.3. The summed E-state index contributed by atoms with van der Waals surface area (Å²) in [5.41, 5.74) is 1.06. The van der Waals surface area contributed by atoms with Crippen molar-refractivity contribution in [3.05, 3.63) is 34.5 Å². The van der Waals surface area contributed by atoms with Crippen molar-refractivity contribution >= 4 is 17.2 Å². The Kier molecular flexibility index (Phi) is 3.97. The van der Waals surface area contributed by atoms with Crippen molar-refractivity contribution < 1.29 is 9.90 Å². The highest BCUT2D eigenvalue weighted by Gasteiger charge is 2.22. The van der Waals surface area contributed by atoms with Gasteiger partial charge in [0.15, 0.2) is 0 Å². The van der Waals surface area contributed by atoms with Crippen LogP contribution in [0, 0.1) is 5.92 Å². The average Bonchev–Trinajstić information content (AvgIpc) is 2.98. The van der Waals surface area contributed by atoms with E-state index in [1.165, 1.54) is 0 Å². The van der Waals surface area contributed by atoms with Crippen molar-refractivity contribution in [1.29, 1.82) is 0 Å². The number of carbonyl (C=O) groups is 1. The second-order valence-corrected chi connectivity index (χ2v) is 5.24. The lowest BCUT2D eigenvalue weighted by molar-refractivity contribution is -0.122. The largest absolute Gasteiger partial charge is 0.396 e. The minimum atomic E-state index is -0.108. The lowest BCUT2D eigenvalue weighted by Gasteiger charge is -2.16. The fourth-order valence-corrected chi connectivity index (χ4v) is 2.75. The van der Waals surface area contributed by atoms with Crippen LogP contribution in [0.5, 0.6) is 0 Å². The van der Waals surface area contributed by atoms with E-state index < -0.39 is 0 Å². The van der Waals surface area contributed by atoms with Crippen molar-refractivity contribution in [1.82, 2.24) is 5.32 Å². The second kappa shape index (κ2) is 5.47. The van der Waals surface area contributed by atoms with E-state index in [0.29, 0.717) is 0 Å². The molecule has 0 aromatic carbocycles. The van der Waals surface area contributed by atoms with Gasteiger partial charge >= 0.3 is 0 Å². The minimum absolute atomic E-state index is 0.0524. The van der Waals surface area contributed by atoms with Gasteiger partial charge in [-0.1, -0.05) is 12.2 Å². The van der Waals surface area contributed by atoms with Crippen LogP contribution in [0.3, 0.4) is 0 Å². The molecule has 0 saturated heterocycles. The molecule has 1 amide bonds. The summed E-state index contributed by atoms with van der Waals surface area (Å²) in [6.45, 7) is 2.07. The first-order valence-corrected chi connectivity index (χ1v) is 6.76. The van der Waals surface area contributed by atoms with E-state index in [0.717, 1.165) is 12.0 Å². The number of nitrogens with one attached hydrogen (secondary N) is 1. The maximum Gasteiger partial charge on any atom is 0.227 e. The molecule has 1 aliphatic carbocycles. The monoisotopic (exact) mass is 251 g/mol. The normalized spacial score (nSPS) is 24.8. The van der Waals surface area contributed by atoms with Gasteiger partial charge in [0.05, 0.1) is 5.92 Å². The molecule has 2 rings (SSSR count). The fraction of sp³-hybridized carbons (Fsp3) is 0.462. The van der Waals surface area contributed by atoms with Crippen LogP contribution in [0.4, 0.5) is 0 Å². The zero-order valence-corrected chi connectivity index (χ0v) is 10.6. The number of hydrogen-bond acceptors (Lipinski definition) is 3. The van der Waals surface area contributed by atoms with Gasteiger partial charge < -0.3 is 10.4 Å². The van der Waals surface area contributed by atoms with Crippen LogP contribution in [-0.2, 0) is 4.79 Å². The first-order chi connectivity index (χ1) is 8.20. The van der Waals surface area contributed by atoms with E-state index in [1.54, 1.807) is 11.3 Å². The van der Waals surface area contributed by atoms with Gasteiger partial charge in [0.25, 0.3) is 0 Å². The first kappa shape index (κ1) is 12.3. The predicted octanol–water partition coefficient (Wildman–Crippen LogP) is 1.90. The number of aliphatic hydroxyl groups excluding tert-OH is 1. The maximum absolute atomic E-state index is 12.0. The highest BCUT2D eigenvalue weighted by molar-refractivity contribution is 7.08. The van der Waals surface area contributed by atoms with Crippen LogP contribution in [-0.4, -0.2) is 23.7 Å². The molecule has 1 aliphatic rings. The van der Waals surface area contributed by atoms with Gasteiger partial charge in [-0.2, -0.15) is 11.3 Å². The van der Waals surface area contributed by atoms with E-state index in [9.17, 15) is 4.79 Å². The molecule has 0 aliphatic heterocycles. The van der Waals surface area contributed by atoms with E-state index in [2.05, 4.69) is 5.32 Å². The highest BCUT2D eigenvalue weighted by Crippen LogP contribution is 2.21. The second-order valence-electron chi connectivity index (χ2n) is 4.46. The van der Waals surface area contributed by atoms with Crippen LogP contribution in [0.25, 0.3) is 0 Å². The van der Waals surface area contributed by atoms with Gasteiger partial charge in [-0.25, -0.2) is 0 Å². The SMILES string of the molecule is CC(C(=O)N[C@@H]1C=C[C@H](CO)C1)c1ccsc1. The fourth-order valence-electron chi connectivity index (χ4n) is 2.00. The van der Waals surface area contributed by atoms with Gasteiger partial charge in [-0.15, -0.1) is 0 Å². The van der Waals surface area contributed by atoms with E-state index in [4.69, 9.17) is 5.11 Å². The van der Waals surface area contributed by atoms with Crippen molar-refractivity contribution in [3.8, 4) is 0 Å². The molecule has 4 heteroatoms. The summed E-state index contributed by atoms with van der Waals surface area (Å²) >= 11 is 1.61.